The molecule has 1 aliphatic rings. The van der Waals surface area contributed by atoms with Crippen molar-refractivity contribution >= 4 is 11.7 Å². The number of ether oxygens (including phenoxy) is 1. The lowest BCUT2D eigenvalue weighted by Crippen LogP contribution is -2.49. The monoisotopic (exact) mass is 413 g/mol. The minimum absolute atomic E-state index is 0.0968. The summed E-state index contributed by atoms with van der Waals surface area (Å²) >= 11 is 0. The molecule has 0 spiro atoms. The predicted octanol–water partition coefficient (Wildman–Crippen LogP) is 2.73. The van der Waals surface area contributed by atoms with Gasteiger partial charge in [-0.2, -0.15) is 5.10 Å². The molecule has 1 aliphatic heterocycles. The number of pyridine rings is 1. The molecule has 2 aromatic heterocycles. The maximum Gasteiger partial charge on any atom is 0.257 e. The number of piperazine rings is 1. The molecular formula is C21H21F2N5O2. The van der Waals surface area contributed by atoms with E-state index in [2.05, 4.69) is 15.0 Å². The van der Waals surface area contributed by atoms with Gasteiger partial charge in [0.1, 0.15) is 28.9 Å². The Bertz CT molecular complexity index is 1080. The first-order valence-electron chi connectivity index (χ1n) is 9.49. The summed E-state index contributed by atoms with van der Waals surface area (Å²) in [7, 11) is 3.26. The number of amides is 1. The Morgan fingerprint density at radius 1 is 1.10 bits per heavy atom. The van der Waals surface area contributed by atoms with Crippen LogP contribution in [0.1, 0.15) is 10.4 Å². The fourth-order valence-electron chi connectivity index (χ4n) is 3.53. The Morgan fingerprint density at radius 2 is 1.87 bits per heavy atom. The lowest BCUT2D eigenvalue weighted by atomic mass is 10.1. The number of methoxy groups -OCH3 is 1. The quantitative estimate of drug-likeness (QED) is 0.658. The number of aryl methyl sites for hydroxylation is 1. The van der Waals surface area contributed by atoms with E-state index in [1.165, 1.54) is 10.7 Å². The van der Waals surface area contributed by atoms with Gasteiger partial charge in [-0.25, -0.2) is 13.8 Å². The van der Waals surface area contributed by atoms with Gasteiger partial charge in [0, 0.05) is 63.3 Å². The van der Waals surface area contributed by atoms with Gasteiger partial charge in [0.2, 0.25) is 0 Å². The molecule has 0 N–H and O–H groups in total. The highest BCUT2D eigenvalue weighted by Gasteiger charge is 2.27. The Kier molecular flexibility index (Phi) is 5.35. The Labute approximate surface area is 172 Å². The van der Waals surface area contributed by atoms with Crippen LogP contribution in [0.2, 0.25) is 0 Å². The van der Waals surface area contributed by atoms with E-state index in [-0.39, 0.29) is 22.7 Å². The van der Waals surface area contributed by atoms with Crippen LogP contribution in [0.4, 0.5) is 14.6 Å². The summed E-state index contributed by atoms with van der Waals surface area (Å²) in [5, 5.41) is 4.24. The molecule has 1 amide bonds. The topological polar surface area (TPSA) is 63.5 Å². The average Bonchev–Trinajstić information content (AvgIpc) is 3.14. The van der Waals surface area contributed by atoms with E-state index >= 15 is 0 Å². The number of benzene rings is 1. The summed E-state index contributed by atoms with van der Waals surface area (Å²) in [4.78, 5) is 21.3. The van der Waals surface area contributed by atoms with E-state index in [1.54, 1.807) is 37.5 Å². The van der Waals surface area contributed by atoms with Gasteiger partial charge in [-0.05, 0) is 18.2 Å². The average molecular weight is 413 g/mol. The fraction of sp³-hybridized carbons (Fsp3) is 0.286. The van der Waals surface area contributed by atoms with Crippen molar-refractivity contribution in [1.82, 2.24) is 19.7 Å². The molecule has 3 heterocycles. The molecule has 1 saturated heterocycles. The molecule has 0 saturated carbocycles. The highest BCUT2D eigenvalue weighted by molar-refractivity contribution is 6.00. The van der Waals surface area contributed by atoms with Crippen molar-refractivity contribution < 1.29 is 18.3 Å². The van der Waals surface area contributed by atoms with Crippen LogP contribution in [0.25, 0.3) is 11.3 Å². The maximum atomic E-state index is 14.3. The van der Waals surface area contributed by atoms with Gasteiger partial charge in [-0.15, -0.1) is 0 Å². The van der Waals surface area contributed by atoms with Gasteiger partial charge in [0.25, 0.3) is 5.91 Å². The van der Waals surface area contributed by atoms with Crippen molar-refractivity contribution in [2.24, 2.45) is 7.05 Å². The zero-order valence-electron chi connectivity index (χ0n) is 16.7. The molecule has 9 heteroatoms. The van der Waals surface area contributed by atoms with Gasteiger partial charge in [-0.1, -0.05) is 0 Å². The number of carbonyl (C=O) groups excluding carboxylic acids is 1. The number of hydrogen-bond acceptors (Lipinski definition) is 5. The van der Waals surface area contributed by atoms with E-state index in [1.807, 2.05) is 6.07 Å². The number of halogens is 2. The molecule has 1 fully saturated rings. The molecule has 1 aromatic carbocycles. The third-order valence-corrected chi connectivity index (χ3v) is 5.09. The molecule has 0 atom stereocenters. The first-order valence-corrected chi connectivity index (χ1v) is 9.49. The summed E-state index contributed by atoms with van der Waals surface area (Å²) in [5.41, 5.74) is 0.590. The standard InChI is InChI=1S/C21H21F2N5O2/c1-26-13-17(20(25-26)16-4-3-14(22)11-18(16)23)21(29)28-9-7-27(8-10-28)19-12-15(30-2)5-6-24-19/h3-6,11-13H,7-10H2,1-2H3. The highest BCUT2D eigenvalue weighted by Crippen LogP contribution is 2.27. The summed E-state index contributed by atoms with van der Waals surface area (Å²) < 4.78 is 34.3. The maximum absolute atomic E-state index is 14.3. The molecule has 0 unspecified atom stereocenters. The van der Waals surface area contributed by atoms with Crippen molar-refractivity contribution in [3.8, 4) is 17.0 Å². The number of aromatic nitrogens is 3. The molecule has 156 valence electrons. The molecule has 30 heavy (non-hydrogen) atoms. The van der Waals surface area contributed by atoms with Crippen LogP contribution in [0.3, 0.4) is 0 Å². The van der Waals surface area contributed by atoms with Gasteiger partial charge in [0.05, 0.1) is 12.7 Å². The first kappa shape index (κ1) is 19.8. The van der Waals surface area contributed by atoms with Crippen LogP contribution in [-0.2, 0) is 7.05 Å². The lowest BCUT2D eigenvalue weighted by molar-refractivity contribution is 0.0747. The summed E-state index contributed by atoms with van der Waals surface area (Å²) in [6.07, 6.45) is 3.25. The Morgan fingerprint density at radius 3 is 2.57 bits per heavy atom. The lowest BCUT2D eigenvalue weighted by Gasteiger charge is -2.35. The van der Waals surface area contributed by atoms with Crippen LogP contribution < -0.4 is 9.64 Å². The van der Waals surface area contributed by atoms with E-state index in [4.69, 9.17) is 4.74 Å². The third-order valence-electron chi connectivity index (χ3n) is 5.09. The predicted molar refractivity (Wildman–Crippen MR) is 107 cm³/mol. The van der Waals surface area contributed by atoms with Gasteiger partial charge >= 0.3 is 0 Å². The third kappa shape index (κ3) is 3.83. The smallest absolute Gasteiger partial charge is 0.257 e. The first-order chi connectivity index (χ1) is 14.5. The van der Waals surface area contributed by atoms with Crippen LogP contribution >= 0.6 is 0 Å². The minimum atomic E-state index is -0.753. The molecule has 0 aliphatic carbocycles. The molecule has 0 radical (unpaired) electrons. The van der Waals surface area contributed by atoms with Crippen molar-refractivity contribution in [3.63, 3.8) is 0 Å². The molecule has 4 rings (SSSR count). The Hall–Kier alpha value is -3.49. The van der Waals surface area contributed by atoms with E-state index < -0.39 is 11.6 Å². The zero-order chi connectivity index (χ0) is 21.3. The summed E-state index contributed by atoms with van der Waals surface area (Å²) in [6.45, 7) is 2.18. The fourth-order valence-corrected chi connectivity index (χ4v) is 3.53. The van der Waals surface area contributed by atoms with E-state index in [0.29, 0.717) is 26.2 Å². The number of carbonyl (C=O) groups is 1. The minimum Gasteiger partial charge on any atom is -0.497 e. The highest BCUT2D eigenvalue weighted by atomic mass is 19.1. The Balaban J connectivity index is 1.52. The number of hydrogen-bond donors (Lipinski definition) is 0. The number of nitrogens with zero attached hydrogens (tertiary/aromatic N) is 5. The largest absolute Gasteiger partial charge is 0.497 e. The number of anilines is 1. The van der Waals surface area contributed by atoms with Gasteiger partial charge in [-0.3, -0.25) is 9.48 Å². The second-order valence-corrected chi connectivity index (χ2v) is 7.02. The second-order valence-electron chi connectivity index (χ2n) is 7.02. The molecule has 3 aromatic rings. The number of rotatable bonds is 4. The molecule has 7 nitrogen and oxygen atoms in total. The van der Waals surface area contributed by atoms with Gasteiger partial charge in [0.15, 0.2) is 0 Å². The molecule has 0 bridgehead atoms. The van der Waals surface area contributed by atoms with Crippen molar-refractivity contribution in [3.05, 3.63) is 59.9 Å². The van der Waals surface area contributed by atoms with Crippen molar-refractivity contribution in [1.29, 1.82) is 0 Å². The van der Waals surface area contributed by atoms with E-state index in [0.717, 1.165) is 23.7 Å². The molecular weight excluding hydrogens is 392 g/mol. The van der Waals surface area contributed by atoms with Crippen LogP contribution in [-0.4, -0.2) is 58.9 Å². The van der Waals surface area contributed by atoms with Crippen molar-refractivity contribution in [2.45, 2.75) is 0 Å². The zero-order valence-corrected chi connectivity index (χ0v) is 16.7. The van der Waals surface area contributed by atoms with E-state index in [9.17, 15) is 13.6 Å². The van der Waals surface area contributed by atoms with Gasteiger partial charge < -0.3 is 14.5 Å². The van der Waals surface area contributed by atoms with Crippen LogP contribution in [0, 0.1) is 11.6 Å². The summed E-state index contributed by atoms with van der Waals surface area (Å²) in [5.74, 6) is -0.157. The SMILES string of the molecule is COc1ccnc(N2CCN(C(=O)c3cn(C)nc3-c3ccc(F)cc3F)CC2)c1. The second kappa shape index (κ2) is 8.10. The van der Waals surface area contributed by atoms with Crippen LogP contribution in [0.15, 0.2) is 42.7 Å². The normalized spacial score (nSPS) is 14.1. The van der Waals surface area contributed by atoms with Crippen LogP contribution in [0.5, 0.6) is 5.75 Å². The van der Waals surface area contributed by atoms with Crippen molar-refractivity contribution in [2.75, 3.05) is 38.2 Å². The summed E-state index contributed by atoms with van der Waals surface area (Å²) in [6, 6.07) is 6.88.